The first kappa shape index (κ1) is 24.9. The highest BCUT2D eigenvalue weighted by Gasteiger charge is 2.32. The number of piperazine rings is 1. The van der Waals surface area contributed by atoms with Crippen LogP contribution in [0.4, 0.5) is 0 Å². The van der Waals surface area contributed by atoms with Crippen molar-refractivity contribution in [3.8, 4) is 22.8 Å². The molecule has 1 fully saturated rings. The van der Waals surface area contributed by atoms with Crippen molar-refractivity contribution in [1.29, 1.82) is 0 Å². The fourth-order valence-corrected chi connectivity index (χ4v) is 5.65. The number of fused-ring (bicyclic) bond motifs is 1. The molecule has 8 heteroatoms. The van der Waals surface area contributed by atoms with E-state index in [0.717, 1.165) is 55.0 Å². The lowest BCUT2D eigenvalue weighted by Crippen LogP contribution is -2.55. The number of aromatic nitrogens is 4. The zero-order chi connectivity index (χ0) is 25.2. The van der Waals surface area contributed by atoms with Gasteiger partial charge in [-0.3, -0.25) is 14.8 Å². The summed E-state index contributed by atoms with van der Waals surface area (Å²) in [4.78, 5) is 14.4. The first-order valence-corrected chi connectivity index (χ1v) is 13.1. The van der Waals surface area contributed by atoms with Crippen LogP contribution in [0.5, 0.6) is 5.88 Å². The molecule has 5 rings (SSSR count). The van der Waals surface area contributed by atoms with Gasteiger partial charge < -0.3 is 9.47 Å². The Morgan fingerprint density at radius 1 is 1.08 bits per heavy atom. The van der Waals surface area contributed by atoms with Crippen LogP contribution < -0.4 is 4.74 Å². The van der Waals surface area contributed by atoms with Gasteiger partial charge in [0, 0.05) is 55.0 Å². The van der Waals surface area contributed by atoms with Crippen molar-refractivity contribution in [3.63, 3.8) is 0 Å². The van der Waals surface area contributed by atoms with E-state index in [-0.39, 0.29) is 0 Å². The molecule has 36 heavy (non-hydrogen) atoms. The molecule has 0 N–H and O–H groups in total. The largest absolute Gasteiger partial charge is 0.481 e. The minimum absolute atomic E-state index is 0.290. The van der Waals surface area contributed by atoms with Crippen molar-refractivity contribution in [2.24, 2.45) is 0 Å². The van der Waals surface area contributed by atoms with E-state index in [9.17, 15) is 0 Å². The fraction of sp³-hybridized carbons (Fsp3) is 0.536. The molecular formula is C28H38N6O2. The summed E-state index contributed by atoms with van der Waals surface area (Å²) in [5.74, 6) is 0.595. The molecule has 3 atom stereocenters. The molecule has 0 radical (unpaired) electrons. The number of likely N-dealkylation sites (N-methyl/N-ethyl adjacent to an activating group) is 1. The number of pyridine rings is 2. The molecule has 0 saturated carbocycles. The van der Waals surface area contributed by atoms with E-state index in [2.05, 4.69) is 54.7 Å². The van der Waals surface area contributed by atoms with Crippen LogP contribution in [0, 0.1) is 0 Å². The summed E-state index contributed by atoms with van der Waals surface area (Å²) in [5, 5.41) is 5.13. The molecule has 3 aromatic heterocycles. The number of hydrogen-bond donors (Lipinski definition) is 0. The van der Waals surface area contributed by atoms with E-state index in [1.807, 2.05) is 29.2 Å². The summed E-state index contributed by atoms with van der Waals surface area (Å²) >= 11 is 0. The Morgan fingerprint density at radius 3 is 2.56 bits per heavy atom. The highest BCUT2D eigenvalue weighted by Crippen LogP contribution is 2.33. The fourth-order valence-electron chi connectivity index (χ4n) is 5.65. The number of ether oxygens (including phenoxy) is 2. The van der Waals surface area contributed by atoms with E-state index in [1.54, 1.807) is 7.11 Å². The number of rotatable bonds is 6. The molecule has 3 aromatic rings. The maximum atomic E-state index is 5.84. The molecule has 1 saturated heterocycles. The Balaban J connectivity index is 1.52. The van der Waals surface area contributed by atoms with Crippen molar-refractivity contribution in [2.45, 2.75) is 58.2 Å². The number of hydrogen-bond acceptors (Lipinski definition) is 7. The quantitative estimate of drug-likeness (QED) is 0.519. The van der Waals surface area contributed by atoms with Gasteiger partial charge in [-0.05, 0) is 51.9 Å². The van der Waals surface area contributed by atoms with Gasteiger partial charge in [0.05, 0.1) is 55.3 Å². The predicted octanol–water partition coefficient (Wildman–Crippen LogP) is 3.93. The Labute approximate surface area is 214 Å². The van der Waals surface area contributed by atoms with Crippen LogP contribution in [0.1, 0.15) is 50.2 Å². The third-order valence-corrected chi connectivity index (χ3v) is 7.86. The van der Waals surface area contributed by atoms with Crippen LogP contribution in [-0.2, 0) is 17.6 Å². The molecule has 2 aliphatic heterocycles. The molecule has 0 spiro atoms. The lowest BCUT2D eigenvalue weighted by Gasteiger charge is -2.45. The van der Waals surface area contributed by atoms with E-state index in [4.69, 9.17) is 19.6 Å². The van der Waals surface area contributed by atoms with Gasteiger partial charge in [0.15, 0.2) is 0 Å². The summed E-state index contributed by atoms with van der Waals surface area (Å²) in [7, 11) is 3.86. The molecule has 5 heterocycles. The lowest BCUT2D eigenvalue weighted by molar-refractivity contribution is 0.0308. The van der Waals surface area contributed by atoms with Gasteiger partial charge in [-0.15, -0.1) is 0 Å². The molecule has 1 unspecified atom stereocenters. The van der Waals surface area contributed by atoms with Crippen molar-refractivity contribution in [1.82, 2.24) is 29.5 Å². The maximum absolute atomic E-state index is 5.84. The van der Waals surface area contributed by atoms with Gasteiger partial charge in [-0.2, -0.15) is 5.10 Å². The summed E-state index contributed by atoms with van der Waals surface area (Å²) in [5.41, 5.74) is 6.65. The van der Waals surface area contributed by atoms with Gasteiger partial charge in [-0.25, -0.2) is 9.67 Å². The molecule has 0 bridgehead atoms. The second-order valence-electron chi connectivity index (χ2n) is 10.1. The lowest BCUT2D eigenvalue weighted by atomic mass is 9.99. The summed E-state index contributed by atoms with van der Waals surface area (Å²) in [6.45, 7) is 10.4. The van der Waals surface area contributed by atoms with E-state index in [1.165, 1.54) is 11.3 Å². The van der Waals surface area contributed by atoms with Crippen LogP contribution >= 0.6 is 0 Å². The van der Waals surface area contributed by atoms with Gasteiger partial charge in [0.2, 0.25) is 5.88 Å². The number of nitrogens with zero attached hydrogens (tertiary/aromatic N) is 6. The first-order chi connectivity index (χ1) is 17.5. The van der Waals surface area contributed by atoms with Crippen LogP contribution in [0.3, 0.4) is 0 Å². The Morgan fingerprint density at radius 2 is 1.86 bits per heavy atom. The average Bonchev–Trinajstić information content (AvgIpc) is 3.08. The van der Waals surface area contributed by atoms with Crippen molar-refractivity contribution in [3.05, 3.63) is 53.6 Å². The Bertz CT molecular complexity index is 1170. The molecule has 0 aliphatic carbocycles. The minimum atomic E-state index is 0.290. The highest BCUT2D eigenvalue weighted by atomic mass is 16.5. The summed E-state index contributed by atoms with van der Waals surface area (Å²) < 4.78 is 13.1. The molecular weight excluding hydrogens is 452 g/mol. The van der Waals surface area contributed by atoms with E-state index in [0.29, 0.717) is 37.2 Å². The van der Waals surface area contributed by atoms with Crippen molar-refractivity contribution >= 4 is 0 Å². The molecule has 192 valence electrons. The van der Waals surface area contributed by atoms with Gasteiger partial charge in [0.25, 0.3) is 0 Å². The zero-order valence-electron chi connectivity index (χ0n) is 22.1. The van der Waals surface area contributed by atoms with Crippen molar-refractivity contribution < 1.29 is 9.47 Å². The Kier molecular flexibility index (Phi) is 7.37. The van der Waals surface area contributed by atoms with E-state index >= 15 is 0 Å². The molecule has 2 aliphatic rings. The van der Waals surface area contributed by atoms with Gasteiger partial charge >= 0.3 is 0 Å². The minimum Gasteiger partial charge on any atom is -0.481 e. The summed E-state index contributed by atoms with van der Waals surface area (Å²) in [6, 6.07) is 9.58. The third-order valence-electron chi connectivity index (χ3n) is 7.86. The monoisotopic (exact) mass is 490 g/mol. The maximum Gasteiger partial charge on any atom is 0.213 e. The standard InChI is InChI=1S/C28H38N6O2/c1-6-25(33-17-19(2)32(4)20(3)18-33)24-15-21(9-12-29-24)28-23-10-13-36-14-11-26(23)34(31-28)22-7-8-27(35-5)30-16-22/h7-9,12,15-16,19-20,25H,6,10-11,13-14,17-18H2,1-5H3/t19-,20+,25?. The molecule has 0 amide bonds. The van der Waals surface area contributed by atoms with Crippen LogP contribution in [0.15, 0.2) is 36.7 Å². The summed E-state index contributed by atoms with van der Waals surface area (Å²) in [6.07, 6.45) is 6.46. The second kappa shape index (κ2) is 10.7. The Hall–Kier alpha value is -2.81. The van der Waals surface area contributed by atoms with Crippen LogP contribution in [0.25, 0.3) is 16.9 Å². The molecule has 0 aromatic carbocycles. The normalized spacial score (nSPS) is 22.1. The zero-order valence-corrected chi connectivity index (χ0v) is 22.1. The van der Waals surface area contributed by atoms with Gasteiger partial charge in [0.1, 0.15) is 0 Å². The number of methoxy groups -OCH3 is 1. The average molecular weight is 491 g/mol. The van der Waals surface area contributed by atoms with Crippen LogP contribution in [0.2, 0.25) is 0 Å². The molecule has 8 nitrogen and oxygen atoms in total. The van der Waals surface area contributed by atoms with Crippen molar-refractivity contribution in [2.75, 3.05) is 40.5 Å². The van der Waals surface area contributed by atoms with Crippen LogP contribution in [-0.4, -0.2) is 82.1 Å². The topological polar surface area (TPSA) is 68.5 Å². The smallest absolute Gasteiger partial charge is 0.213 e. The second-order valence-corrected chi connectivity index (χ2v) is 10.1. The third kappa shape index (κ3) is 4.77. The SMILES string of the molecule is CCC(c1cc(-c2nn(-c3ccc(OC)nc3)c3c2CCOCC3)ccn1)N1C[C@@H](C)N(C)[C@@H](C)C1. The van der Waals surface area contributed by atoms with E-state index < -0.39 is 0 Å². The predicted molar refractivity (Wildman–Crippen MR) is 141 cm³/mol. The highest BCUT2D eigenvalue weighted by molar-refractivity contribution is 5.65. The van der Waals surface area contributed by atoms with Gasteiger partial charge in [-0.1, -0.05) is 6.92 Å². The first-order valence-electron chi connectivity index (χ1n) is 13.1.